The van der Waals surface area contributed by atoms with E-state index in [1.54, 1.807) is 12.3 Å². The summed E-state index contributed by atoms with van der Waals surface area (Å²) < 4.78 is 1.95. The monoisotopic (exact) mass is 213 g/mol. The van der Waals surface area contributed by atoms with Crippen molar-refractivity contribution in [3.05, 3.63) is 17.0 Å². The van der Waals surface area contributed by atoms with Crippen LogP contribution in [0.1, 0.15) is 0 Å². The van der Waals surface area contributed by atoms with Gasteiger partial charge in [-0.3, -0.25) is 0 Å². The van der Waals surface area contributed by atoms with Crippen molar-refractivity contribution in [2.45, 2.75) is 0 Å². The summed E-state index contributed by atoms with van der Waals surface area (Å²) in [6, 6.07) is 1.66. The van der Waals surface area contributed by atoms with Gasteiger partial charge in [0.25, 0.3) is 5.78 Å². The van der Waals surface area contributed by atoms with Crippen LogP contribution in [-0.4, -0.2) is 19.6 Å². The Kier molecular flexibility index (Phi) is 1.28. The van der Waals surface area contributed by atoms with Crippen LogP contribution in [0.2, 0.25) is 0 Å². The molecule has 0 amide bonds. The van der Waals surface area contributed by atoms with Crippen molar-refractivity contribution in [2.24, 2.45) is 0 Å². The lowest BCUT2D eigenvalue weighted by Gasteiger charge is -1.92. The molecule has 2 aromatic heterocycles. The molecule has 56 valence electrons. The molecule has 0 aliphatic rings. The summed E-state index contributed by atoms with van der Waals surface area (Å²) in [6.07, 6.45) is 1.59. The molecule has 0 atom stereocenters. The lowest BCUT2D eigenvalue weighted by Crippen LogP contribution is -1.98. The summed E-state index contributed by atoms with van der Waals surface area (Å²) in [5.41, 5.74) is 5.57. The molecule has 0 radical (unpaired) electrons. The molecular formula is C5H4BrN5. The average molecular weight is 214 g/mol. The zero-order valence-corrected chi connectivity index (χ0v) is 6.98. The van der Waals surface area contributed by atoms with Crippen molar-refractivity contribution in [2.75, 3.05) is 5.73 Å². The number of nitrogens with two attached hydrogens (primary N) is 1. The number of rotatable bonds is 0. The zero-order chi connectivity index (χ0) is 7.84. The first-order chi connectivity index (χ1) is 5.27. The van der Waals surface area contributed by atoms with Crippen LogP contribution in [0.5, 0.6) is 0 Å². The molecule has 0 aromatic carbocycles. The second-order valence-corrected chi connectivity index (χ2v) is 2.67. The van der Waals surface area contributed by atoms with E-state index in [-0.39, 0.29) is 0 Å². The fourth-order valence-electron chi connectivity index (χ4n) is 0.787. The summed E-state index contributed by atoms with van der Waals surface area (Å²) in [4.78, 5) is 7.89. The van der Waals surface area contributed by atoms with Crippen molar-refractivity contribution in [3.63, 3.8) is 0 Å². The molecule has 0 spiro atoms. The number of hydrogen-bond acceptors (Lipinski definition) is 4. The summed E-state index contributed by atoms with van der Waals surface area (Å²) in [7, 11) is 0. The van der Waals surface area contributed by atoms with Gasteiger partial charge in [-0.15, -0.1) is 5.10 Å². The van der Waals surface area contributed by atoms with E-state index in [0.717, 1.165) is 0 Å². The normalized spacial score (nSPS) is 10.6. The maximum absolute atomic E-state index is 5.57. The molecule has 0 aliphatic heterocycles. The molecule has 2 rings (SSSR count). The lowest BCUT2D eigenvalue weighted by molar-refractivity contribution is 0.940. The third kappa shape index (κ3) is 0.949. The maximum atomic E-state index is 5.57. The molecule has 0 saturated carbocycles. The quantitative estimate of drug-likeness (QED) is 0.691. The highest BCUT2D eigenvalue weighted by molar-refractivity contribution is 9.10. The minimum atomic E-state index is 0.489. The van der Waals surface area contributed by atoms with E-state index in [1.807, 2.05) is 0 Å². The van der Waals surface area contributed by atoms with Crippen molar-refractivity contribution in [1.82, 2.24) is 19.6 Å². The molecule has 5 nitrogen and oxygen atoms in total. The van der Waals surface area contributed by atoms with E-state index in [9.17, 15) is 0 Å². The number of anilines is 1. The molecule has 0 unspecified atom stereocenters. The van der Waals surface area contributed by atoms with E-state index in [4.69, 9.17) is 5.73 Å². The fourth-order valence-corrected chi connectivity index (χ4v) is 1.10. The van der Waals surface area contributed by atoms with Crippen LogP contribution in [0.15, 0.2) is 17.0 Å². The van der Waals surface area contributed by atoms with E-state index in [1.165, 1.54) is 4.52 Å². The first-order valence-corrected chi connectivity index (χ1v) is 3.69. The summed E-state index contributed by atoms with van der Waals surface area (Å²) in [6.45, 7) is 0. The van der Waals surface area contributed by atoms with Gasteiger partial charge < -0.3 is 5.73 Å². The number of halogens is 1. The van der Waals surface area contributed by atoms with Gasteiger partial charge in [-0.05, 0) is 22.0 Å². The zero-order valence-electron chi connectivity index (χ0n) is 5.40. The van der Waals surface area contributed by atoms with Crippen molar-refractivity contribution in [1.29, 1.82) is 0 Å². The largest absolute Gasteiger partial charge is 0.383 e. The minimum absolute atomic E-state index is 0.489. The number of nitrogen functional groups attached to an aromatic ring is 1. The van der Waals surface area contributed by atoms with Gasteiger partial charge in [0.15, 0.2) is 0 Å². The third-order valence-corrected chi connectivity index (χ3v) is 1.58. The maximum Gasteiger partial charge on any atom is 0.255 e. The molecule has 0 aliphatic carbocycles. The van der Waals surface area contributed by atoms with Gasteiger partial charge in [0.2, 0.25) is 4.73 Å². The van der Waals surface area contributed by atoms with Gasteiger partial charge in [0.1, 0.15) is 5.82 Å². The Morgan fingerprint density at radius 1 is 1.55 bits per heavy atom. The Morgan fingerprint density at radius 2 is 2.36 bits per heavy atom. The Morgan fingerprint density at radius 3 is 3.09 bits per heavy atom. The van der Waals surface area contributed by atoms with Crippen LogP contribution in [0.4, 0.5) is 5.82 Å². The van der Waals surface area contributed by atoms with Gasteiger partial charge in [-0.25, -0.2) is 4.98 Å². The van der Waals surface area contributed by atoms with E-state index in [2.05, 4.69) is 31.0 Å². The van der Waals surface area contributed by atoms with Crippen molar-refractivity contribution >= 4 is 27.5 Å². The topological polar surface area (TPSA) is 69.1 Å². The molecular weight excluding hydrogens is 210 g/mol. The van der Waals surface area contributed by atoms with Gasteiger partial charge >= 0.3 is 0 Å². The highest BCUT2D eigenvalue weighted by Crippen LogP contribution is 2.07. The third-order valence-electron chi connectivity index (χ3n) is 1.24. The summed E-state index contributed by atoms with van der Waals surface area (Å²) in [5.74, 6) is 1.02. The SMILES string of the molecule is Nc1ccnc2nc(Br)nn12. The molecule has 0 bridgehead atoms. The van der Waals surface area contributed by atoms with E-state index >= 15 is 0 Å². The van der Waals surface area contributed by atoms with Gasteiger partial charge in [-0.2, -0.15) is 9.50 Å². The predicted octanol–water partition coefficient (Wildman–Crippen LogP) is 0.469. The number of nitrogens with zero attached hydrogens (tertiary/aromatic N) is 4. The number of fused-ring (bicyclic) bond motifs is 1. The van der Waals surface area contributed by atoms with Crippen LogP contribution in [0.3, 0.4) is 0 Å². The Hall–Kier alpha value is -1.17. The number of aromatic nitrogens is 4. The second kappa shape index (κ2) is 2.16. The first kappa shape index (κ1) is 6.53. The first-order valence-electron chi connectivity index (χ1n) is 2.90. The highest BCUT2D eigenvalue weighted by Gasteiger charge is 2.01. The van der Waals surface area contributed by atoms with Crippen LogP contribution < -0.4 is 5.73 Å². The lowest BCUT2D eigenvalue weighted by atomic mass is 10.6. The van der Waals surface area contributed by atoms with Crippen LogP contribution in [0, 0.1) is 0 Å². The smallest absolute Gasteiger partial charge is 0.255 e. The fraction of sp³-hybridized carbons (Fsp3) is 0. The Bertz CT molecular complexity index is 395. The molecule has 6 heteroatoms. The molecule has 0 saturated heterocycles. The van der Waals surface area contributed by atoms with Gasteiger partial charge in [-0.1, -0.05) is 0 Å². The highest BCUT2D eigenvalue weighted by atomic mass is 79.9. The minimum Gasteiger partial charge on any atom is -0.383 e. The molecule has 0 fully saturated rings. The van der Waals surface area contributed by atoms with Crippen molar-refractivity contribution < 1.29 is 0 Å². The molecule has 11 heavy (non-hydrogen) atoms. The molecule has 2 heterocycles. The predicted molar refractivity (Wildman–Crippen MR) is 42.9 cm³/mol. The standard InChI is InChI=1S/C5H4BrN5/c6-4-9-5-8-2-1-3(7)11(5)10-4/h1-2H,7H2. The van der Waals surface area contributed by atoms with Crippen molar-refractivity contribution in [3.8, 4) is 0 Å². The van der Waals surface area contributed by atoms with Gasteiger partial charge in [0.05, 0.1) is 0 Å². The molecule has 2 aromatic rings. The van der Waals surface area contributed by atoms with E-state index < -0.39 is 0 Å². The Labute approximate surface area is 70.4 Å². The average Bonchev–Trinajstić information content (AvgIpc) is 2.31. The van der Waals surface area contributed by atoms with Crippen LogP contribution in [0.25, 0.3) is 5.78 Å². The molecule has 2 N–H and O–H groups in total. The number of hydrogen-bond donors (Lipinski definition) is 1. The summed E-state index contributed by atoms with van der Waals surface area (Å²) in [5, 5.41) is 3.95. The van der Waals surface area contributed by atoms with E-state index in [0.29, 0.717) is 16.3 Å². The second-order valence-electron chi connectivity index (χ2n) is 1.96. The van der Waals surface area contributed by atoms with Crippen LogP contribution >= 0.6 is 15.9 Å². The van der Waals surface area contributed by atoms with Gasteiger partial charge in [0, 0.05) is 6.20 Å². The Balaban J connectivity index is 2.90. The summed E-state index contributed by atoms with van der Waals surface area (Å²) >= 11 is 3.12. The van der Waals surface area contributed by atoms with Crippen LogP contribution in [-0.2, 0) is 0 Å².